The summed E-state index contributed by atoms with van der Waals surface area (Å²) in [6, 6.07) is 6.68. The van der Waals surface area contributed by atoms with E-state index < -0.39 is 35.7 Å². The van der Waals surface area contributed by atoms with Gasteiger partial charge in [-0.2, -0.15) is 4.98 Å². The highest BCUT2D eigenvalue weighted by atomic mass is 19.1. The van der Waals surface area contributed by atoms with E-state index in [4.69, 9.17) is 14.3 Å². The molecule has 2 aromatic carbocycles. The average molecular weight is 546 g/mol. The van der Waals surface area contributed by atoms with Crippen LogP contribution in [0.25, 0.3) is 11.1 Å². The smallest absolute Gasteiger partial charge is 0.306 e. The van der Waals surface area contributed by atoms with E-state index in [1.807, 2.05) is 0 Å². The van der Waals surface area contributed by atoms with Crippen molar-refractivity contribution in [3.05, 3.63) is 53.1 Å². The maximum atomic E-state index is 15.3. The van der Waals surface area contributed by atoms with Gasteiger partial charge in [-0.05, 0) is 56.4 Å². The van der Waals surface area contributed by atoms with Gasteiger partial charge in [-0.1, -0.05) is 12.1 Å². The Hall–Kier alpha value is -3.60. The van der Waals surface area contributed by atoms with Crippen molar-refractivity contribution in [3.8, 4) is 0 Å². The second kappa shape index (κ2) is 11.3. The van der Waals surface area contributed by atoms with Gasteiger partial charge in [-0.15, -0.1) is 0 Å². The highest BCUT2D eigenvalue weighted by Gasteiger charge is 2.37. The lowest BCUT2D eigenvalue weighted by atomic mass is 9.87. The van der Waals surface area contributed by atoms with Gasteiger partial charge in [0.15, 0.2) is 11.4 Å². The molecule has 5 rings (SSSR count). The van der Waals surface area contributed by atoms with E-state index in [2.05, 4.69) is 10.3 Å². The number of alkyl halides is 1. The molecule has 2 N–H and O–H groups in total. The molecule has 1 aliphatic heterocycles. The number of nitrogens with zero attached hydrogens (tertiary/aromatic N) is 2. The van der Waals surface area contributed by atoms with Crippen molar-refractivity contribution in [2.45, 2.75) is 63.8 Å². The number of carbonyl (C=O) groups excluding carboxylic acids is 1. The van der Waals surface area contributed by atoms with E-state index in [1.54, 1.807) is 13.0 Å². The minimum atomic E-state index is -1.20. The van der Waals surface area contributed by atoms with Crippen LogP contribution in [0.5, 0.6) is 0 Å². The number of likely N-dealkylation sites (tertiary alicyclic amines) is 1. The van der Waals surface area contributed by atoms with Gasteiger partial charge in [-0.3, -0.25) is 9.59 Å². The Morgan fingerprint density at radius 3 is 2.69 bits per heavy atom. The summed E-state index contributed by atoms with van der Waals surface area (Å²) in [7, 11) is 0. The van der Waals surface area contributed by atoms with Gasteiger partial charge in [0.2, 0.25) is 5.91 Å². The summed E-state index contributed by atoms with van der Waals surface area (Å²) >= 11 is 0. The van der Waals surface area contributed by atoms with Crippen LogP contribution in [-0.2, 0) is 20.7 Å². The highest BCUT2D eigenvalue weighted by Crippen LogP contribution is 2.30. The minimum Gasteiger partial charge on any atom is -0.481 e. The van der Waals surface area contributed by atoms with E-state index in [0.29, 0.717) is 31.4 Å². The Bertz CT molecular complexity index is 1370. The first-order valence-corrected chi connectivity index (χ1v) is 13.1. The molecule has 0 bridgehead atoms. The number of carboxylic acid groups (broad SMARTS) is 1. The summed E-state index contributed by atoms with van der Waals surface area (Å²) in [5.74, 6) is -2.77. The van der Waals surface area contributed by atoms with Crippen LogP contribution in [0.3, 0.4) is 0 Å². The predicted octanol–water partition coefficient (Wildman–Crippen LogP) is 5.30. The number of aryl methyl sites for hydroxylation is 1. The fraction of sp³-hybridized carbons (Fsp3) is 0.464. The van der Waals surface area contributed by atoms with Gasteiger partial charge in [0.25, 0.3) is 6.01 Å². The molecule has 0 radical (unpaired) electrons. The molecule has 1 amide bonds. The number of hydrogen-bond donors (Lipinski definition) is 2. The zero-order chi connectivity index (χ0) is 27.7. The van der Waals surface area contributed by atoms with Crippen LogP contribution in [0, 0.1) is 24.5 Å². The van der Waals surface area contributed by atoms with Crippen molar-refractivity contribution in [2.24, 2.45) is 5.92 Å². The number of rotatable bonds is 8. The van der Waals surface area contributed by atoms with Crippen LogP contribution in [0.1, 0.15) is 43.2 Å². The summed E-state index contributed by atoms with van der Waals surface area (Å²) in [4.78, 5) is 29.9. The summed E-state index contributed by atoms with van der Waals surface area (Å²) in [5, 5.41) is 12.0. The lowest BCUT2D eigenvalue weighted by Gasteiger charge is -2.29. The molecular formula is C28H30F3N3O5. The van der Waals surface area contributed by atoms with Crippen molar-refractivity contribution < 1.29 is 37.0 Å². The molecule has 1 aromatic heterocycles. The van der Waals surface area contributed by atoms with Crippen molar-refractivity contribution in [1.29, 1.82) is 0 Å². The Kier molecular flexibility index (Phi) is 7.79. The van der Waals surface area contributed by atoms with Crippen LogP contribution >= 0.6 is 0 Å². The molecule has 1 saturated heterocycles. The fourth-order valence-corrected chi connectivity index (χ4v) is 5.35. The normalized spacial score (nSPS) is 23.3. The number of aromatic nitrogens is 1. The molecule has 0 unspecified atom stereocenters. The highest BCUT2D eigenvalue weighted by molar-refractivity contribution is 5.83. The second-order valence-electron chi connectivity index (χ2n) is 10.3. The van der Waals surface area contributed by atoms with Gasteiger partial charge in [0, 0.05) is 17.7 Å². The maximum absolute atomic E-state index is 15.3. The quantitative estimate of drug-likeness (QED) is 0.396. The summed E-state index contributed by atoms with van der Waals surface area (Å²) in [6.07, 6.45) is 0.787. The Labute approximate surface area is 223 Å². The van der Waals surface area contributed by atoms with Gasteiger partial charge < -0.3 is 24.5 Å². The molecule has 2 aliphatic rings. The second-order valence-corrected chi connectivity index (χ2v) is 10.3. The van der Waals surface area contributed by atoms with Crippen LogP contribution < -0.4 is 5.32 Å². The Balaban J connectivity index is 1.23. The minimum absolute atomic E-state index is 0.0181. The average Bonchev–Trinajstić information content (AvgIpc) is 3.50. The number of anilines is 2. The van der Waals surface area contributed by atoms with Crippen molar-refractivity contribution in [3.63, 3.8) is 0 Å². The van der Waals surface area contributed by atoms with Crippen LogP contribution in [0.15, 0.2) is 34.7 Å². The third-order valence-corrected chi connectivity index (χ3v) is 7.59. The first-order valence-electron chi connectivity index (χ1n) is 13.1. The maximum Gasteiger partial charge on any atom is 0.306 e. The van der Waals surface area contributed by atoms with Crippen molar-refractivity contribution in [2.75, 3.05) is 18.5 Å². The lowest BCUT2D eigenvalue weighted by Crippen LogP contribution is -2.40. The molecule has 39 heavy (non-hydrogen) atoms. The van der Waals surface area contributed by atoms with Gasteiger partial charge in [-0.25, -0.2) is 13.2 Å². The summed E-state index contributed by atoms with van der Waals surface area (Å²) in [5.41, 5.74) is 1.35. The Morgan fingerprint density at radius 1 is 1.18 bits per heavy atom. The molecule has 3 aromatic rings. The largest absolute Gasteiger partial charge is 0.481 e. The number of halogens is 3. The first-order chi connectivity index (χ1) is 18.7. The number of hydrogen-bond acceptors (Lipinski definition) is 6. The first kappa shape index (κ1) is 27.0. The molecule has 8 nitrogen and oxygen atoms in total. The molecule has 2 atom stereocenters. The van der Waals surface area contributed by atoms with Crippen LogP contribution in [0.2, 0.25) is 0 Å². The molecule has 1 saturated carbocycles. The number of carbonyl (C=O) groups is 2. The monoisotopic (exact) mass is 545 g/mol. The fourth-order valence-electron chi connectivity index (χ4n) is 5.35. The van der Waals surface area contributed by atoms with Crippen molar-refractivity contribution >= 4 is 34.7 Å². The van der Waals surface area contributed by atoms with E-state index in [9.17, 15) is 18.4 Å². The predicted molar refractivity (Wildman–Crippen MR) is 136 cm³/mol. The zero-order valence-electron chi connectivity index (χ0n) is 21.5. The topological polar surface area (TPSA) is 105 Å². The lowest BCUT2D eigenvalue weighted by molar-refractivity contribution is -0.144. The molecule has 0 spiro atoms. The number of benzene rings is 2. The third-order valence-electron chi connectivity index (χ3n) is 7.59. The SMILES string of the molecule is Cc1ccc(F)cc1Nc1nc2ccc(CC(=O)N3C[C@@H](F)C[C@H]3COC3CCC(C(=O)O)CC3)c(F)c2o1. The van der Waals surface area contributed by atoms with Gasteiger partial charge >= 0.3 is 5.97 Å². The summed E-state index contributed by atoms with van der Waals surface area (Å²) < 4.78 is 54.8. The number of aliphatic carboxylic acids is 1. The zero-order valence-corrected chi connectivity index (χ0v) is 21.5. The van der Waals surface area contributed by atoms with Crippen molar-refractivity contribution in [1.82, 2.24) is 9.88 Å². The third kappa shape index (κ3) is 6.03. The Morgan fingerprint density at radius 2 is 1.95 bits per heavy atom. The van der Waals surface area contributed by atoms with E-state index in [-0.39, 0.29) is 60.7 Å². The molecule has 2 heterocycles. The molecule has 1 aliphatic carbocycles. The van der Waals surface area contributed by atoms with E-state index in [0.717, 1.165) is 5.56 Å². The number of nitrogens with one attached hydrogen (secondary N) is 1. The number of oxazole rings is 1. The summed E-state index contributed by atoms with van der Waals surface area (Å²) in [6.45, 7) is 1.83. The number of ether oxygens (including phenoxy) is 1. The van der Waals surface area contributed by atoms with Crippen LogP contribution in [-0.4, -0.2) is 58.3 Å². The molecule has 2 fully saturated rings. The van der Waals surface area contributed by atoms with E-state index in [1.165, 1.54) is 29.2 Å². The van der Waals surface area contributed by atoms with Gasteiger partial charge in [0.1, 0.15) is 17.5 Å². The van der Waals surface area contributed by atoms with E-state index >= 15 is 4.39 Å². The number of amides is 1. The number of fused-ring (bicyclic) bond motifs is 1. The molecular weight excluding hydrogens is 515 g/mol. The molecule has 11 heteroatoms. The van der Waals surface area contributed by atoms with Gasteiger partial charge in [0.05, 0.1) is 37.6 Å². The standard InChI is InChI=1S/C28H30F3N3O5/c1-15-2-6-18(29)12-23(15)33-28-32-22-9-5-17(25(31)26(22)39-28)10-24(35)34-13-19(30)11-20(34)14-38-21-7-3-16(4-8-21)27(36)37/h2,5-6,9,12,16,19-21H,3-4,7-8,10-11,13-14H2,1H3,(H,32,33)(H,36,37)/t16?,19-,20-,21?/m0/s1. The number of carboxylic acids is 1. The van der Waals surface area contributed by atoms with Crippen LogP contribution in [0.4, 0.5) is 24.9 Å². The molecule has 208 valence electrons.